The number of aliphatic imine (C=N–C) groups is 1. The lowest BCUT2D eigenvalue weighted by atomic mass is 10.0. The van der Waals surface area contributed by atoms with Crippen LogP contribution in [0.25, 0.3) is 0 Å². The number of fused-ring (bicyclic) bond motifs is 1. The van der Waals surface area contributed by atoms with Crippen molar-refractivity contribution in [2.45, 2.75) is 6.54 Å². The number of benzene rings is 1. The molecule has 2 rings (SSSR count). The third kappa shape index (κ3) is 1.46. The SMILES string of the molecule is COC(=O)c1cc(Br)cc2c1C=NC2. The van der Waals surface area contributed by atoms with Crippen LogP contribution in [0.2, 0.25) is 0 Å². The maximum atomic E-state index is 11.4. The Hall–Kier alpha value is -1.16. The van der Waals surface area contributed by atoms with Gasteiger partial charge in [-0.2, -0.15) is 0 Å². The molecule has 0 aliphatic carbocycles. The van der Waals surface area contributed by atoms with Crippen LogP contribution in [0.1, 0.15) is 21.5 Å². The van der Waals surface area contributed by atoms with Gasteiger partial charge in [-0.15, -0.1) is 0 Å². The molecule has 1 aliphatic rings. The van der Waals surface area contributed by atoms with Crippen LogP contribution in [0.3, 0.4) is 0 Å². The van der Waals surface area contributed by atoms with Gasteiger partial charge in [-0.05, 0) is 17.7 Å². The summed E-state index contributed by atoms with van der Waals surface area (Å²) in [5.41, 5.74) is 2.50. The van der Waals surface area contributed by atoms with E-state index in [1.807, 2.05) is 6.07 Å². The molecule has 3 nitrogen and oxygen atoms in total. The summed E-state index contributed by atoms with van der Waals surface area (Å²) < 4.78 is 5.57. The number of carbonyl (C=O) groups is 1. The fourth-order valence-electron chi connectivity index (χ4n) is 1.47. The molecule has 0 fully saturated rings. The molecule has 14 heavy (non-hydrogen) atoms. The Balaban J connectivity index is 2.58. The number of halogens is 1. The van der Waals surface area contributed by atoms with Gasteiger partial charge in [-0.1, -0.05) is 15.9 Å². The molecule has 1 heterocycles. The van der Waals surface area contributed by atoms with Crippen LogP contribution in [0.4, 0.5) is 0 Å². The van der Waals surface area contributed by atoms with E-state index in [9.17, 15) is 4.79 Å². The zero-order chi connectivity index (χ0) is 10.1. The highest BCUT2D eigenvalue weighted by Crippen LogP contribution is 2.24. The Kier molecular flexibility index (Phi) is 2.37. The van der Waals surface area contributed by atoms with E-state index in [1.165, 1.54) is 7.11 Å². The molecule has 0 radical (unpaired) electrons. The summed E-state index contributed by atoms with van der Waals surface area (Å²) in [7, 11) is 1.38. The average Bonchev–Trinajstić information content (AvgIpc) is 2.62. The van der Waals surface area contributed by atoms with Gasteiger partial charge in [0.25, 0.3) is 0 Å². The Labute approximate surface area is 89.9 Å². The molecule has 0 bridgehead atoms. The molecular weight excluding hydrogens is 246 g/mol. The second-order valence-corrected chi connectivity index (χ2v) is 3.90. The topological polar surface area (TPSA) is 38.7 Å². The molecule has 0 unspecified atom stereocenters. The molecule has 1 aliphatic heterocycles. The van der Waals surface area contributed by atoms with Crippen molar-refractivity contribution < 1.29 is 9.53 Å². The van der Waals surface area contributed by atoms with E-state index in [4.69, 9.17) is 4.74 Å². The van der Waals surface area contributed by atoms with Crippen molar-refractivity contribution in [1.82, 2.24) is 0 Å². The minimum absolute atomic E-state index is 0.323. The standard InChI is InChI=1S/C10H8BrNO2/c1-14-10(13)8-3-7(11)2-6-4-12-5-9(6)8/h2-3,5H,4H2,1H3. The number of rotatable bonds is 1. The number of hydrogen-bond donors (Lipinski definition) is 0. The van der Waals surface area contributed by atoms with Gasteiger partial charge in [0, 0.05) is 16.3 Å². The molecule has 0 aromatic heterocycles. The highest BCUT2D eigenvalue weighted by Gasteiger charge is 2.17. The Morgan fingerprint density at radius 2 is 2.36 bits per heavy atom. The first-order valence-electron chi connectivity index (χ1n) is 4.13. The van der Waals surface area contributed by atoms with Crippen LogP contribution in [-0.4, -0.2) is 19.3 Å². The van der Waals surface area contributed by atoms with Crippen molar-refractivity contribution >= 4 is 28.1 Å². The van der Waals surface area contributed by atoms with Crippen molar-refractivity contribution in [1.29, 1.82) is 0 Å². The summed E-state index contributed by atoms with van der Waals surface area (Å²) in [6, 6.07) is 3.72. The van der Waals surface area contributed by atoms with Gasteiger partial charge < -0.3 is 4.74 Å². The van der Waals surface area contributed by atoms with Crippen LogP contribution in [0, 0.1) is 0 Å². The van der Waals surface area contributed by atoms with Gasteiger partial charge in [-0.3, -0.25) is 4.99 Å². The highest BCUT2D eigenvalue weighted by atomic mass is 79.9. The normalized spacial score (nSPS) is 12.7. The van der Waals surface area contributed by atoms with E-state index in [2.05, 4.69) is 20.9 Å². The number of ether oxygens (including phenoxy) is 1. The lowest BCUT2D eigenvalue weighted by molar-refractivity contribution is 0.0600. The number of nitrogens with zero attached hydrogens (tertiary/aromatic N) is 1. The fourth-order valence-corrected chi connectivity index (χ4v) is 1.98. The molecule has 0 atom stereocenters. The van der Waals surface area contributed by atoms with Crippen molar-refractivity contribution in [2.75, 3.05) is 7.11 Å². The minimum atomic E-state index is -0.323. The van der Waals surface area contributed by atoms with Gasteiger partial charge in [0.05, 0.1) is 19.2 Å². The maximum Gasteiger partial charge on any atom is 0.338 e. The van der Waals surface area contributed by atoms with Gasteiger partial charge in [0.2, 0.25) is 0 Å². The maximum absolute atomic E-state index is 11.4. The smallest absolute Gasteiger partial charge is 0.338 e. The predicted octanol–water partition coefficient (Wildman–Crippen LogP) is 2.17. The molecule has 0 spiro atoms. The van der Waals surface area contributed by atoms with Crippen LogP contribution >= 0.6 is 15.9 Å². The Bertz CT molecular complexity index is 426. The second-order valence-electron chi connectivity index (χ2n) is 2.99. The monoisotopic (exact) mass is 253 g/mol. The summed E-state index contributed by atoms with van der Waals surface area (Å²) in [6.45, 7) is 0.638. The lowest BCUT2D eigenvalue weighted by Crippen LogP contribution is -2.06. The molecule has 0 N–H and O–H groups in total. The van der Waals surface area contributed by atoms with E-state index < -0.39 is 0 Å². The van der Waals surface area contributed by atoms with E-state index >= 15 is 0 Å². The van der Waals surface area contributed by atoms with Crippen LogP contribution in [0.15, 0.2) is 21.6 Å². The van der Waals surface area contributed by atoms with Gasteiger partial charge in [-0.25, -0.2) is 4.79 Å². The van der Waals surface area contributed by atoms with Gasteiger partial charge in [0.1, 0.15) is 0 Å². The first-order valence-corrected chi connectivity index (χ1v) is 4.92. The molecule has 1 aromatic carbocycles. The van der Waals surface area contributed by atoms with Crippen LogP contribution in [0.5, 0.6) is 0 Å². The molecule has 72 valence electrons. The lowest BCUT2D eigenvalue weighted by Gasteiger charge is -2.05. The fraction of sp³-hybridized carbons (Fsp3) is 0.200. The second kappa shape index (κ2) is 3.53. The molecular formula is C10H8BrNO2. The van der Waals surface area contributed by atoms with Crippen molar-refractivity contribution in [3.63, 3.8) is 0 Å². The summed E-state index contributed by atoms with van der Waals surface area (Å²) >= 11 is 3.35. The number of hydrogen-bond acceptors (Lipinski definition) is 3. The van der Waals surface area contributed by atoms with E-state index in [1.54, 1.807) is 12.3 Å². The molecule has 0 amide bonds. The van der Waals surface area contributed by atoms with Crippen LogP contribution in [-0.2, 0) is 11.3 Å². The average molecular weight is 254 g/mol. The Morgan fingerprint density at radius 1 is 1.57 bits per heavy atom. The van der Waals surface area contributed by atoms with E-state index in [-0.39, 0.29) is 5.97 Å². The highest BCUT2D eigenvalue weighted by molar-refractivity contribution is 9.10. The summed E-state index contributed by atoms with van der Waals surface area (Å²) in [6.07, 6.45) is 1.72. The van der Waals surface area contributed by atoms with Gasteiger partial charge in [0.15, 0.2) is 0 Å². The third-order valence-corrected chi connectivity index (χ3v) is 2.58. The molecule has 4 heteroatoms. The number of methoxy groups -OCH3 is 1. The summed E-state index contributed by atoms with van der Waals surface area (Å²) in [5.74, 6) is -0.323. The van der Waals surface area contributed by atoms with Crippen molar-refractivity contribution in [3.8, 4) is 0 Å². The van der Waals surface area contributed by atoms with E-state index in [0.717, 1.165) is 15.6 Å². The Morgan fingerprint density at radius 3 is 3.07 bits per heavy atom. The predicted molar refractivity (Wildman–Crippen MR) is 56.8 cm³/mol. The first-order chi connectivity index (χ1) is 6.72. The van der Waals surface area contributed by atoms with Gasteiger partial charge >= 0.3 is 5.97 Å². The molecule has 0 saturated carbocycles. The third-order valence-electron chi connectivity index (χ3n) is 2.12. The zero-order valence-electron chi connectivity index (χ0n) is 7.58. The van der Waals surface area contributed by atoms with E-state index in [0.29, 0.717) is 12.1 Å². The molecule has 0 saturated heterocycles. The summed E-state index contributed by atoms with van der Waals surface area (Å²) in [4.78, 5) is 15.5. The zero-order valence-corrected chi connectivity index (χ0v) is 9.17. The first kappa shape index (κ1) is 9.40. The van der Waals surface area contributed by atoms with Crippen molar-refractivity contribution in [3.05, 3.63) is 33.3 Å². The molecule has 1 aromatic rings. The number of carbonyl (C=O) groups excluding carboxylic acids is 1. The van der Waals surface area contributed by atoms with Crippen LogP contribution < -0.4 is 0 Å². The minimum Gasteiger partial charge on any atom is -0.465 e. The quantitative estimate of drug-likeness (QED) is 0.720. The summed E-state index contributed by atoms with van der Waals surface area (Å²) in [5, 5.41) is 0. The van der Waals surface area contributed by atoms with Crippen molar-refractivity contribution in [2.24, 2.45) is 4.99 Å². The largest absolute Gasteiger partial charge is 0.465 e. The number of esters is 1.